The van der Waals surface area contributed by atoms with Crippen molar-refractivity contribution in [2.75, 3.05) is 18.0 Å². The van der Waals surface area contributed by atoms with E-state index in [0.717, 1.165) is 16.7 Å². The van der Waals surface area contributed by atoms with Crippen LogP contribution < -0.4 is 16.2 Å². The van der Waals surface area contributed by atoms with E-state index in [0.29, 0.717) is 31.5 Å². The molecule has 1 atom stereocenters. The minimum atomic E-state index is -1.43. The molecule has 1 aliphatic rings. The van der Waals surface area contributed by atoms with E-state index in [1.807, 2.05) is 0 Å². The molecule has 24 heavy (non-hydrogen) atoms. The number of carboxylic acids is 1. The SMILES string of the molecule is CCc1cc(C(=O)O)c(=O)n2cc(F)c(N3CCC(N)C3)c(F)c12. The fourth-order valence-corrected chi connectivity index (χ4v) is 3.15. The molecule has 1 fully saturated rings. The monoisotopic (exact) mass is 337 g/mol. The van der Waals surface area contributed by atoms with E-state index in [1.165, 1.54) is 4.90 Å². The van der Waals surface area contributed by atoms with Crippen LogP contribution in [0.5, 0.6) is 0 Å². The maximum absolute atomic E-state index is 15.0. The summed E-state index contributed by atoms with van der Waals surface area (Å²) >= 11 is 0. The van der Waals surface area contributed by atoms with Crippen molar-refractivity contribution in [3.63, 3.8) is 0 Å². The first-order valence-electron chi connectivity index (χ1n) is 7.65. The van der Waals surface area contributed by atoms with E-state index in [1.54, 1.807) is 6.92 Å². The highest BCUT2D eigenvalue weighted by molar-refractivity contribution is 5.88. The van der Waals surface area contributed by atoms with E-state index >= 15 is 4.39 Å². The Hall–Kier alpha value is -2.48. The zero-order valence-electron chi connectivity index (χ0n) is 13.1. The number of pyridine rings is 2. The van der Waals surface area contributed by atoms with E-state index in [2.05, 4.69) is 0 Å². The van der Waals surface area contributed by atoms with Gasteiger partial charge in [0.25, 0.3) is 5.56 Å². The number of nitrogens with zero attached hydrogens (tertiary/aromatic N) is 2. The second-order valence-corrected chi connectivity index (χ2v) is 5.90. The maximum atomic E-state index is 15.0. The van der Waals surface area contributed by atoms with Crippen molar-refractivity contribution in [2.45, 2.75) is 25.8 Å². The molecular weight excluding hydrogens is 320 g/mol. The van der Waals surface area contributed by atoms with Gasteiger partial charge in [-0.2, -0.15) is 0 Å². The fraction of sp³-hybridized carbons (Fsp3) is 0.375. The Balaban J connectivity index is 2.34. The van der Waals surface area contributed by atoms with Crippen molar-refractivity contribution in [1.29, 1.82) is 0 Å². The number of aromatic carboxylic acids is 1. The van der Waals surface area contributed by atoms with Gasteiger partial charge in [0.1, 0.15) is 11.3 Å². The Morgan fingerprint density at radius 2 is 2.17 bits per heavy atom. The number of hydrogen-bond donors (Lipinski definition) is 2. The molecule has 0 aliphatic carbocycles. The van der Waals surface area contributed by atoms with Crippen LogP contribution in [0.1, 0.15) is 29.3 Å². The lowest BCUT2D eigenvalue weighted by atomic mass is 10.1. The van der Waals surface area contributed by atoms with Crippen LogP contribution >= 0.6 is 0 Å². The molecule has 128 valence electrons. The standard InChI is InChI=1S/C16H17F2N3O3/c1-2-8-5-10(16(23)24)15(22)21-7-11(17)14(12(18)13(8)21)20-4-3-9(19)6-20/h5,7,9H,2-4,6,19H2,1H3,(H,23,24). The highest BCUT2D eigenvalue weighted by atomic mass is 19.1. The summed E-state index contributed by atoms with van der Waals surface area (Å²) in [4.78, 5) is 25.0. The Morgan fingerprint density at radius 3 is 2.71 bits per heavy atom. The molecule has 0 bridgehead atoms. The van der Waals surface area contributed by atoms with Crippen LogP contribution in [0.4, 0.5) is 14.5 Å². The van der Waals surface area contributed by atoms with E-state index in [4.69, 9.17) is 10.8 Å². The predicted octanol–water partition coefficient (Wildman–Crippen LogP) is 1.38. The molecule has 6 nitrogen and oxygen atoms in total. The first-order valence-corrected chi connectivity index (χ1v) is 7.65. The normalized spacial score (nSPS) is 17.7. The average Bonchev–Trinajstić information content (AvgIpc) is 2.94. The number of aromatic nitrogens is 1. The summed E-state index contributed by atoms with van der Waals surface area (Å²) in [6, 6.07) is 0.989. The minimum Gasteiger partial charge on any atom is -0.477 e. The first-order chi connectivity index (χ1) is 11.3. The van der Waals surface area contributed by atoms with Crippen molar-refractivity contribution in [2.24, 2.45) is 5.73 Å². The molecule has 1 saturated heterocycles. The smallest absolute Gasteiger partial charge is 0.341 e. The molecule has 1 aliphatic heterocycles. The summed E-state index contributed by atoms with van der Waals surface area (Å²) in [5, 5.41) is 9.12. The summed E-state index contributed by atoms with van der Waals surface area (Å²) in [5.74, 6) is -3.21. The molecule has 0 saturated carbocycles. The van der Waals surface area contributed by atoms with E-state index in [9.17, 15) is 14.0 Å². The number of nitrogens with two attached hydrogens (primary N) is 1. The molecule has 0 aromatic carbocycles. The van der Waals surface area contributed by atoms with Crippen molar-refractivity contribution in [3.8, 4) is 0 Å². The van der Waals surface area contributed by atoms with Crippen LogP contribution in [0, 0.1) is 11.6 Å². The first kappa shape index (κ1) is 16.4. The highest BCUT2D eigenvalue weighted by Crippen LogP contribution is 2.30. The van der Waals surface area contributed by atoms with Gasteiger partial charge in [0, 0.05) is 19.1 Å². The molecule has 2 aromatic heterocycles. The number of anilines is 1. The predicted molar refractivity (Wildman–Crippen MR) is 84.7 cm³/mol. The van der Waals surface area contributed by atoms with Gasteiger partial charge in [-0.1, -0.05) is 6.92 Å². The zero-order valence-corrected chi connectivity index (χ0v) is 13.1. The number of carbonyl (C=O) groups is 1. The summed E-state index contributed by atoms with van der Waals surface area (Å²) in [6.45, 7) is 2.45. The van der Waals surface area contributed by atoms with Gasteiger partial charge in [-0.15, -0.1) is 0 Å². The highest BCUT2D eigenvalue weighted by Gasteiger charge is 2.28. The summed E-state index contributed by atoms with van der Waals surface area (Å²) in [7, 11) is 0. The number of aryl methyl sites for hydroxylation is 1. The molecule has 8 heteroatoms. The second kappa shape index (κ2) is 5.86. The van der Waals surface area contributed by atoms with Gasteiger partial charge < -0.3 is 15.7 Å². The third kappa shape index (κ3) is 2.43. The van der Waals surface area contributed by atoms with Gasteiger partial charge in [0.2, 0.25) is 0 Å². The minimum absolute atomic E-state index is 0.0932. The number of hydrogen-bond acceptors (Lipinski definition) is 4. The lowest BCUT2D eigenvalue weighted by molar-refractivity contribution is 0.0694. The van der Waals surface area contributed by atoms with Crippen molar-refractivity contribution in [3.05, 3.63) is 45.4 Å². The van der Waals surface area contributed by atoms with Crippen molar-refractivity contribution in [1.82, 2.24) is 4.40 Å². The summed E-state index contributed by atoms with van der Waals surface area (Å²) < 4.78 is 30.3. The third-order valence-electron chi connectivity index (χ3n) is 4.35. The van der Waals surface area contributed by atoms with Crippen LogP contribution in [0.2, 0.25) is 0 Å². The van der Waals surface area contributed by atoms with Crippen molar-refractivity contribution < 1.29 is 18.7 Å². The zero-order chi connectivity index (χ0) is 17.6. The lowest BCUT2D eigenvalue weighted by Crippen LogP contribution is -2.29. The van der Waals surface area contributed by atoms with Crippen LogP contribution in [-0.4, -0.2) is 34.6 Å². The molecule has 3 rings (SSSR count). The Kier molecular flexibility index (Phi) is 4.00. The molecular formula is C16H17F2N3O3. The van der Waals surface area contributed by atoms with Crippen LogP contribution in [0.25, 0.3) is 5.52 Å². The number of halogens is 2. The molecule has 2 aromatic rings. The topological polar surface area (TPSA) is 88.0 Å². The molecule has 0 radical (unpaired) electrons. The molecule has 1 unspecified atom stereocenters. The van der Waals surface area contributed by atoms with Gasteiger partial charge >= 0.3 is 5.97 Å². The van der Waals surface area contributed by atoms with Gasteiger partial charge in [-0.05, 0) is 24.5 Å². The van der Waals surface area contributed by atoms with E-state index in [-0.39, 0.29) is 17.2 Å². The van der Waals surface area contributed by atoms with Crippen LogP contribution in [0.15, 0.2) is 17.1 Å². The molecule has 0 spiro atoms. The lowest BCUT2D eigenvalue weighted by Gasteiger charge is -2.21. The van der Waals surface area contributed by atoms with Gasteiger partial charge in [-0.25, -0.2) is 13.6 Å². The summed E-state index contributed by atoms with van der Waals surface area (Å²) in [5.41, 5.74) is 4.34. The number of carboxylic acid groups (broad SMARTS) is 1. The molecule has 3 heterocycles. The second-order valence-electron chi connectivity index (χ2n) is 5.90. The molecule has 3 N–H and O–H groups in total. The largest absolute Gasteiger partial charge is 0.477 e. The third-order valence-corrected chi connectivity index (χ3v) is 4.35. The number of fused-ring (bicyclic) bond motifs is 1. The van der Waals surface area contributed by atoms with Crippen LogP contribution in [0.3, 0.4) is 0 Å². The Labute approximate surface area is 136 Å². The van der Waals surface area contributed by atoms with Gasteiger partial charge in [0.15, 0.2) is 11.6 Å². The summed E-state index contributed by atoms with van der Waals surface area (Å²) in [6.07, 6.45) is 1.77. The number of rotatable bonds is 3. The van der Waals surface area contributed by atoms with Crippen LogP contribution in [-0.2, 0) is 6.42 Å². The fourth-order valence-electron chi connectivity index (χ4n) is 3.15. The van der Waals surface area contributed by atoms with E-state index < -0.39 is 28.7 Å². The molecule has 0 amide bonds. The average molecular weight is 337 g/mol. The Morgan fingerprint density at radius 1 is 1.46 bits per heavy atom. The van der Waals surface area contributed by atoms with Gasteiger partial charge in [0.05, 0.1) is 11.7 Å². The van der Waals surface area contributed by atoms with Gasteiger partial charge in [-0.3, -0.25) is 9.20 Å². The van der Waals surface area contributed by atoms with Crippen molar-refractivity contribution >= 4 is 17.2 Å². The quantitative estimate of drug-likeness (QED) is 0.883. The maximum Gasteiger partial charge on any atom is 0.341 e. The Bertz CT molecular complexity index is 894.